The topological polar surface area (TPSA) is 58.8 Å². The third kappa shape index (κ3) is 5.22. The minimum Gasteiger partial charge on any atom is -0.457 e. The van der Waals surface area contributed by atoms with Gasteiger partial charge in [0.25, 0.3) is 0 Å². The lowest BCUT2D eigenvalue weighted by atomic mass is 9.66. The van der Waals surface area contributed by atoms with Gasteiger partial charge in [-0.05, 0) is 87.0 Å². The fraction of sp³-hybridized carbons (Fsp3) is 0.0185. The van der Waals surface area contributed by atoms with Crippen LogP contribution in [-0.4, -0.2) is 9.97 Å². The first kappa shape index (κ1) is 33.5. The second-order valence-electron chi connectivity index (χ2n) is 14.8. The summed E-state index contributed by atoms with van der Waals surface area (Å²) in [6.07, 6.45) is 0. The summed E-state index contributed by atoms with van der Waals surface area (Å²) >= 11 is 0. The number of rotatable bonds is 5. The summed E-state index contributed by atoms with van der Waals surface area (Å²) in [5, 5.41) is 9.63. The van der Waals surface area contributed by atoms with E-state index in [-0.39, 0.29) is 0 Å². The molecule has 1 aliphatic carbocycles. The maximum atomic E-state index is 9.63. The van der Waals surface area contributed by atoms with Crippen molar-refractivity contribution in [1.82, 2.24) is 9.97 Å². The van der Waals surface area contributed by atoms with Crippen molar-refractivity contribution in [2.75, 3.05) is 0 Å². The molecule has 4 heteroatoms. The molecular formula is C54H33N3O. The van der Waals surface area contributed by atoms with E-state index in [4.69, 9.17) is 14.7 Å². The molecule has 2 aliphatic rings. The highest BCUT2D eigenvalue weighted by atomic mass is 16.5. The van der Waals surface area contributed by atoms with Crippen molar-refractivity contribution in [2.45, 2.75) is 5.41 Å². The average molecular weight is 740 g/mol. The molecule has 0 N–H and O–H groups in total. The smallest absolute Gasteiger partial charge is 0.160 e. The average Bonchev–Trinajstić information content (AvgIpc) is 3.59. The SMILES string of the molecule is N#Cc1ccc(-c2cccc3c2-c2cc(-c4cccc(-c5cc(-c6ccccc6)nc(-c6ccccc6)n5)c4)ccc2C32c3ccccc3Oc3ccccc32)cc1. The van der Waals surface area contributed by atoms with Crippen LogP contribution in [0.5, 0.6) is 11.5 Å². The number of aromatic nitrogens is 2. The van der Waals surface area contributed by atoms with E-state index >= 15 is 0 Å². The third-order valence-electron chi connectivity index (χ3n) is 11.6. The van der Waals surface area contributed by atoms with Crippen molar-refractivity contribution in [3.8, 4) is 84.9 Å². The van der Waals surface area contributed by atoms with Crippen molar-refractivity contribution in [3.05, 3.63) is 228 Å². The number of hydrogen-bond donors (Lipinski definition) is 0. The van der Waals surface area contributed by atoms with Crippen LogP contribution in [0.3, 0.4) is 0 Å². The van der Waals surface area contributed by atoms with Crippen LogP contribution in [0, 0.1) is 11.3 Å². The molecule has 0 saturated heterocycles. The first-order chi connectivity index (χ1) is 28.7. The molecule has 0 amide bonds. The van der Waals surface area contributed by atoms with Gasteiger partial charge in [0.15, 0.2) is 5.82 Å². The van der Waals surface area contributed by atoms with E-state index in [9.17, 15) is 5.26 Å². The molecule has 270 valence electrons. The zero-order valence-electron chi connectivity index (χ0n) is 31.3. The molecule has 0 atom stereocenters. The lowest BCUT2D eigenvalue weighted by molar-refractivity contribution is 0.436. The van der Waals surface area contributed by atoms with Crippen LogP contribution in [0.2, 0.25) is 0 Å². The van der Waals surface area contributed by atoms with Gasteiger partial charge < -0.3 is 4.74 Å². The van der Waals surface area contributed by atoms with Crippen LogP contribution >= 0.6 is 0 Å². The molecule has 0 unspecified atom stereocenters. The van der Waals surface area contributed by atoms with Gasteiger partial charge in [0.2, 0.25) is 0 Å². The molecular weight excluding hydrogens is 707 g/mol. The van der Waals surface area contributed by atoms with E-state index in [0.29, 0.717) is 11.4 Å². The predicted molar refractivity (Wildman–Crippen MR) is 231 cm³/mol. The predicted octanol–water partition coefficient (Wildman–Crippen LogP) is 13.2. The van der Waals surface area contributed by atoms with Gasteiger partial charge in [-0.2, -0.15) is 5.26 Å². The van der Waals surface area contributed by atoms with Gasteiger partial charge in [-0.3, -0.25) is 0 Å². The normalized spacial score (nSPS) is 12.7. The van der Waals surface area contributed by atoms with E-state index in [2.05, 4.69) is 146 Å². The Kier molecular flexibility index (Phi) is 7.74. The van der Waals surface area contributed by atoms with E-state index < -0.39 is 5.41 Å². The van der Waals surface area contributed by atoms with E-state index in [1.54, 1.807) is 0 Å². The summed E-state index contributed by atoms with van der Waals surface area (Å²) in [4.78, 5) is 10.2. The van der Waals surface area contributed by atoms with Crippen molar-refractivity contribution < 1.29 is 4.74 Å². The fourth-order valence-electron chi connectivity index (χ4n) is 9.02. The minimum atomic E-state index is -0.609. The molecule has 1 aromatic heterocycles. The van der Waals surface area contributed by atoms with Crippen molar-refractivity contribution in [3.63, 3.8) is 0 Å². The van der Waals surface area contributed by atoms with E-state index in [1.807, 2.05) is 60.7 Å². The Morgan fingerprint density at radius 3 is 1.66 bits per heavy atom. The van der Waals surface area contributed by atoms with Crippen LogP contribution in [0.1, 0.15) is 27.8 Å². The molecule has 0 saturated carbocycles. The third-order valence-corrected chi connectivity index (χ3v) is 11.6. The van der Waals surface area contributed by atoms with Crippen molar-refractivity contribution in [2.24, 2.45) is 0 Å². The van der Waals surface area contributed by atoms with Gasteiger partial charge in [-0.15, -0.1) is 0 Å². The van der Waals surface area contributed by atoms with E-state index in [1.165, 1.54) is 22.3 Å². The Morgan fingerprint density at radius 2 is 0.948 bits per heavy atom. The molecule has 0 radical (unpaired) electrons. The molecule has 9 aromatic rings. The van der Waals surface area contributed by atoms with Gasteiger partial charge in [-0.25, -0.2) is 9.97 Å². The number of nitrogens with zero attached hydrogens (tertiary/aromatic N) is 3. The minimum absolute atomic E-state index is 0.609. The highest BCUT2D eigenvalue weighted by Gasteiger charge is 2.51. The first-order valence-electron chi connectivity index (χ1n) is 19.5. The van der Waals surface area contributed by atoms with Crippen molar-refractivity contribution >= 4 is 0 Å². The Bertz CT molecular complexity index is 2990. The number of para-hydroxylation sites is 2. The summed E-state index contributed by atoms with van der Waals surface area (Å²) in [5.41, 5.74) is 16.2. The zero-order chi connectivity index (χ0) is 38.6. The summed E-state index contributed by atoms with van der Waals surface area (Å²) < 4.78 is 6.62. The largest absolute Gasteiger partial charge is 0.457 e. The highest BCUT2D eigenvalue weighted by molar-refractivity contribution is 5.98. The Balaban J connectivity index is 1.12. The van der Waals surface area contributed by atoms with Gasteiger partial charge in [0.05, 0.1) is 28.4 Å². The number of ether oxygens (including phenoxy) is 1. The zero-order valence-corrected chi connectivity index (χ0v) is 31.3. The maximum absolute atomic E-state index is 9.63. The molecule has 2 heterocycles. The van der Waals surface area contributed by atoms with Crippen LogP contribution in [0.4, 0.5) is 0 Å². The second-order valence-corrected chi connectivity index (χ2v) is 14.8. The van der Waals surface area contributed by atoms with Gasteiger partial charge in [0, 0.05) is 27.8 Å². The van der Waals surface area contributed by atoms with Gasteiger partial charge in [0.1, 0.15) is 11.5 Å². The lowest BCUT2D eigenvalue weighted by Crippen LogP contribution is -2.32. The van der Waals surface area contributed by atoms with Crippen molar-refractivity contribution in [1.29, 1.82) is 5.26 Å². The van der Waals surface area contributed by atoms with Gasteiger partial charge in [-0.1, -0.05) is 158 Å². The number of fused-ring (bicyclic) bond motifs is 9. The first-order valence-corrected chi connectivity index (χ1v) is 19.5. The lowest BCUT2D eigenvalue weighted by Gasteiger charge is -2.39. The number of benzene rings is 8. The molecule has 1 aliphatic heterocycles. The fourth-order valence-corrected chi connectivity index (χ4v) is 9.02. The number of nitriles is 1. The molecule has 58 heavy (non-hydrogen) atoms. The standard InChI is InChI=1S/C54H33N3O/c55-34-35-25-27-36(28-26-35)42-19-12-22-47-52(42)43-32-40(29-30-44(43)54(47)45-20-7-9-23-50(45)58-51-24-10-8-21-46(51)54)39-17-11-18-41(31-39)49-33-48(37-13-3-1-4-14-37)56-53(57-49)38-15-5-2-6-16-38/h1-33H. The van der Waals surface area contributed by atoms with E-state index in [0.717, 1.165) is 73.0 Å². The molecule has 4 nitrogen and oxygen atoms in total. The molecule has 0 bridgehead atoms. The van der Waals surface area contributed by atoms with Crippen LogP contribution < -0.4 is 4.74 Å². The summed E-state index contributed by atoms with van der Waals surface area (Å²) in [6, 6.07) is 71.9. The summed E-state index contributed by atoms with van der Waals surface area (Å²) in [5.74, 6) is 2.40. The monoisotopic (exact) mass is 739 g/mol. The van der Waals surface area contributed by atoms with Crippen LogP contribution in [0.15, 0.2) is 200 Å². The second kappa shape index (κ2) is 13.4. The Hall–Kier alpha value is -7.87. The molecule has 0 fully saturated rings. The van der Waals surface area contributed by atoms with Crippen LogP contribution in [-0.2, 0) is 5.41 Å². The summed E-state index contributed by atoms with van der Waals surface area (Å²) in [6.45, 7) is 0. The Labute approximate surface area is 337 Å². The molecule has 8 aromatic carbocycles. The summed E-state index contributed by atoms with van der Waals surface area (Å²) in [7, 11) is 0. The number of hydrogen-bond acceptors (Lipinski definition) is 4. The quantitative estimate of drug-likeness (QED) is 0.176. The Morgan fingerprint density at radius 1 is 0.397 bits per heavy atom. The highest BCUT2D eigenvalue weighted by Crippen LogP contribution is 2.63. The molecule has 11 rings (SSSR count). The molecule has 1 spiro atoms. The van der Waals surface area contributed by atoms with Gasteiger partial charge >= 0.3 is 0 Å². The maximum Gasteiger partial charge on any atom is 0.160 e. The van der Waals surface area contributed by atoms with Crippen LogP contribution in [0.25, 0.3) is 67.3 Å².